The van der Waals surface area contributed by atoms with Crippen LogP contribution in [0.15, 0.2) is 182 Å². The molecule has 1 aliphatic heterocycles. The average molecular weight is 638 g/mol. The van der Waals surface area contributed by atoms with Crippen molar-refractivity contribution in [2.24, 2.45) is 0 Å². The van der Waals surface area contributed by atoms with Gasteiger partial charge < -0.3 is 4.90 Å². The van der Waals surface area contributed by atoms with E-state index in [2.05, 4.69) is 181 Å². The normalized spacial score (nSPS) is 14.0. The zero-order chi connectivity index (χ0) is 33.0. The zero-order valence-corrected chi connectivity index (χ0v) is 27.8. The van der Waals surface area contributed by atoms with Crippen LogP contribution in [0.4, 0.5) is 11.4 Å². The van der Waals surface area contributed by atoms with E-state index in [1.807, 2.05) is 0 Å². The summed E-state index contributed by atoms with van der Waals surface area (Å²) in [5, 5.41) is 7.88. The highest BCUT2D eigenvalue weighted by atomic mass is 15.2. The largest absolute Gasteiger partial charge is 0.314 e. The summed E-state index contributed by atoms with van der Waals surface area (Å²) in [4.78, 5) is 2.51. The topological polar surface area (TPSA) is 3.24 Å². The molecule has 1 heterocycles. The average Bonchev–Trinajstić information content (AvgIpc) is 3.20. The molecule has 1 heteroatoms. The zero-order valence-electron chi connectivity index (χ0n) is 27.8. The fourth-order valence-corrected chi connectivity index (χ4v) is 8.55. The van der Waals surface area contributed by atoms with E-state index in [0.29, 0.717) is 0 Å². The molecule has 0 saturated carbocycles. The lowest BCUT2D eigenvalue weighted by atomic mass is 9.80. The Kier molecular flexibility index (Phi) is 6.77. The Labute approximate surface area is 293 Å². The number of fused-ring (bicyclic) bond motifs is 8. The molecular weight excluding hydrogens is 603 g/mol. The van der Waals surface area contributed by atoms with Crippen molar-refractivity contribution in [3.05, 3.63) is 198 Å². The molecule has 8 aromatic rings. The molecule has 0 saturated heterocycles. The summed E-state index contributed by atoms with van der Waals surface area (Å²) < 4.78 is 0. The van der Waals surface area contributed by atoms with Crippen molar-refractivity contribution in [1.82, 2.24) is 0 Å². The van der Waals surface area contributed by atoms with E-state index in [9.17, 15) is 0 Å². The monoisotopic (exact) mass is 637 g/mol. The number of hydrogen-bond donors (Lipinski definition) is 0. The van der Waals surface area contributed by atoms with Gasteiger partial charge in [0, 0.05) is 23.5 Å². The van der Waals surface area contributed by atoms with Crippen LogP contribution in [-0.2, 0) is 6.42 Å². The third-order valence-electron chi connectivity index (χ3n) is 10.8. The van der Waals surface area contributed by atoms with Crippen molar-refractivity contribution >= 4 is 49.3 Å². The molecule has 0 spiro atoms. The Balaban J connectivity index is 1.28. The number of hydrogen-bond acceptors (Lipinski definition) is 1. The van der Waals surface area contributed by atoms with Crippen LogP contribution in [0, 0.1) is 0 Å². The first-order chi connectivity index (χ1) is 24.8. The van der Waals surface area contributed by atoms with E-state index < -0.39 is 0 Å². The van der Waals surface area contributed by atoms with E-state index in [1.54, 1.807) is 0 Å². The van der Waals surface area contributed by atoms with Gasteiger partial charge in [-0.3, -0.25) is 0 Å². The molecule has 0 bridgehead atoms. The van der Waals surface area contributed by atoms with Gasteiger partial charge in [0.1, 0.15) is 0 Å². The molecule has 1 nitrogen and oxygen atoms in total. The first kappa shape index (κ1) is 28.8. The summed E-state index contributed by atoms with van der Waals surface area (Å²) in [5.41, 5.74) is 14.5. The Morgan fingerprint density at radius 1 is 0.400 bits per heavy atom. The van der Waals surface area contributed by atoms with Crippen LogP contribution in [0.25, 0.3) is 60.1 Å². The Hall–Kier alpha value is -6.18. The number of allylic oxidation sites excluding steroid dienone is 4. The van der Waals surface area contributed by atoms with E-state index >= 15 is 0 Å². The highest BCUT2D eigenvalue weighted by molar-refractivity contribution is 6.31. The molecule has 2 aliphatic rings. The van der Waals surface area contributed by atoms with Crippen LogP contribution in [-0.4, -0.2) is 0 Å². The lowest BCUT2D eigenvalue weighted by Gasteiger charge is -2.36. The van der Waals surface area contributed by atoms with Gasteiger partial charge >= 0.3 is 0 Å². The lowest BCUT2D eigenvalue weighted by molar-refractivity contribution is 0.911. The van der Waals surface area contributed by atoms with E-state index in [-0.39, 0.29) is 0 Å². The first-order valence-corrected chi connectivity index (χ1v) is 17.7. The predicted octanol–water partition coefficient (Wildman–Crippen LogP) is 13.3. The second kappa shape index (κ2) is 11.8. The van der Waals surface area contributed by atoms with Crippen molar-refractivity contribution in [2.45, 2.75) is 19.3 Å². The van der Waals surface area contributed by atoms with Crippen LogP contribution in [0.1, 0.15) is 29.5 Å². The van der Waals surface area contributed by atoms with Crippen LogP contribution in [0.3, 0.4) is 0 Å². The van der Waals surface area contributed by atoms with Crippen LogP contribution in [0.2, 0.25) is 0 Å². The van der Waals surface area contributed by atoms with E-state index in [4.69, 9.17) is 0 Å². The van der Waals surface area contributed by atoms with Gasteiger partial charge in [-0.2, -0.15) is 0 Å². The third kappa shape index (κ3) is 4.55. The molecule has 0 unspecified atom stereocenters. The maximum Gasteiger partial charge on any atom is 0.0493 e. The fraction of sp³-hybridized carbons (Fsp3) is 0.0612. The highest BCUT2D eigenvalue weighted by Gasteiger charge is 2.27. The Morgan fingerprint density at radius 2 is 0.920 bits per heavy atom. The van der Waals surface area contributed by atoms with Gasteiger partial charge in [0.05, 0.1) is 0 Å². The standard InChI is InChI=1S/C49H35N/c1-3-15-33(16-4-1)43-32-44(34-27-29-38(30-28-34)50-45-25-13-7-19-36(45)31-37-20-8-14-26-46(37)50)48-41-23-11-9-21-39(41)40-22-10-12-24-42(40)49(48)47(43)35-17-5-2-6-18-35/h1-27,29,32H,28,30-31H2. The van der Waals surface area contributed by atoms with Crippen molar-refractivity contribution in [3.8, 4) is 22.3 Å². The second-order valence-electron chi connectivity index (χ2n) is 13.5. The summed E-state index contributed by atoms with van der Waals surface area (Å²) in [6.45, 7) is 0. The molecular formula is C49H35N. The third-order valence-corrected chi connectivity index (χ3v) is 10.8. The summed E-state index contributed by atoms with van der Waals surface area (Å²) in [6, 6.07) is 60.3. The molecule has 8 aromatic carbocycles. The van der Waals surface area contributed by atoms with Gasteiger partial charge in [-0.15, -0.1) is 0 Å². The van der Waals surface area contributed by atoms with Crippen LogP contribution >= 0.6 is 0 Å². The van der Waals surface area contributed by atoms with Crippen LogP contribution < -0.4 is 4.90 Å². The van der Waals surface area contributed by atoms with Gasteiger partial charge in [0.25, 0.3) is 0 Å². The number of anilines is 2. The molecule has 0 radical (unpaired) electrons. The van der Waals surface area contributed by atoms with Gasteiger partial charge in [-0.25, -0.2) is 0 Å². The second-order valence-corrected chi connectivity index (χ2v) is 13.5. The van der Waals surface area contributed by atoms with Gasteiger partial charge in [0.2, 0.25) is 0 Å². The quantitative estimate of drug-likeness (QED) is 0.174. The molecule has 0 N–H and O–H groups in total. The maximum atomic E-state index is 2.51. The minimum atomic E-state index is 0.960. The first-order valence-electron chi connectivity index (χ1n) is 17.7. The van der Waals surface area contributed by atoms with Crippen LogP contribution in [0.5, 0.6) is 0 Å². The number of para-hydroxylation sites is 2. The molecule has 10 rings (SSSR count). The Morgan fingerprint density at radius 3 is 1.52 bits per heavy atom. The van der Waals surface area contributed by atoms with Gasteiger partial charge in [-0.1, -0.05) is 152 Å². The van der Waals surface area contributed by atoms with Crippen molar-refractivity contribution < 1.29 is 0 Å². The smallest absolute Gasteiger partial charge is 0.0493 e. The molecule has 0 amide bonds. The fourth-order valence-electron chi connectivity index (χ4n) is 8.55. The van der Waals surface area contributed by atoms with Gasteiger partial charge in [-0.05, 0) is 114 Å². The predicted molar refractivity (Wildman–Crippen MR) is 213 cm³/mol. The number of benzene rings is 8. The van der Waals surface area contributed by atoms with Crippen molar-refractivity contribution in [1.29, 1.82) is 0 Å². The minimum Gasteiger partial charge on any atom is -0.314 e. The molecule has 236 valence electrons. The lowest BCUT2D eigenvalue weighted by Crippen LogP contribution is -2.23. The summed E-state index contributed by atoms with van der Waals surface area (Å²) in [5.74, 6) is 0. The molecule has 0 fully saturated rings. The Bertz CT molecular complexity index is 2620. The number of rotatable bonds is 4. The molecule has 0 aromatic heterocycles. The molecule has 50 heavy (non-hydrogen) atoms. The summed E-state index contributed by atoms with van der Waals surface area (Å²) in [6.07, 6.45) is 7.69. The minimum absolute atomic E-state index is 0.960. The summed E-state index contributed by atoms with van der Waals surface area (Å²) >= 11 is 0. The van der Waals surface area contributed by atoms with Gasteiger partial charge in [0.15, 0.2) is 0 Å². The SMILES string of the molecule is C1=C(c2cc(-c3ccccc3)c(-c3ccccc3)c3c4ccccc4c4ccccc4c23)CCC(N2c3ccccc3Cc3ccccc32)=C1. The highest BCUT2D eigenvalue weighted by Crippen LogP contribution is 2.50. The van der Waals surface area contributed by atoms with E-state index in [0.717, 1.165) is 19.3 Å². The van der Waals surface area contributed by atoms with Crippen molar-refractivity contribution in [2.75, 3.05) is 4.90 Å². The molecule has 0 atom stereocenters. The maximum absolute atomic E-state index is 2.51. The van der Waals surface area contributed by atoms with Crippen molar-refractivity contribution in [3.63, 3.8) is 0 Å². The summed E-state index contributed by atoms with van der Waals surface area (Å²) in [7, 11) is 0. The van der Waals surface area contributed by atoms with E-state index in [1.165, 1.54) is 93.9 Å². The molecule has 1 aliphatic carbocycles. The number of nitrogens with zero attached hydrogens (tertiary/aromatic N) is 1.